The van der Waals surface area contributed by atoms with E-state index in [1.54, 1.807) is 0 Å². The van der Waals surface area contributed by atoms with E-state index in [2.05, 4.69) is 13.0 Å². The predicted octanol–water partition coefficient (Wildman–Crippen LogP) is 5.86. The van der Waals surface area contributed by atoms with Crippen LogP contribution in [0.3, 0.4) is 0 Å². The number of nitrogens with zero attached hydrogens (tertiary/aromatic N) is 1. The van der Waals surface area contributed by atoms with Crippen LogP contribution in [0.25, 0.3) is 10.9 Å². The van der Waals surface area contributed by atoms with E-state index in [9.17, 15) is 4.79 Å². The van der Waals surface area contributed by atoms with Gasteiger partial charge in [-0.3, -0.25) is 9.36 Å². The molecule has 0 saturated heterocycles. The summed E-state index contributed by atoms with van der Waals surface area (Å²) in [5.41, 5.74) is 2.08. The zero-order valence-corrected chi connectivity index (χ0v) is 13.7. The minimum atomic E-state index is 0.181. The lowest BCUT2D eigenvalue weighted by Crippen LogP contribution is -2.13. The smallest absolute Gasteiger partial charge is 0.231 e. The van der Waals surface area contributed by atoms with Crippen molar-refractivity contribution in [3.63, 3.8) is 0 Å². The Morgan fingerprint density at radius 3 is 2.62 bits per heavy atom. The van der Waals surface area contributed by atoms with Gasteiger partial charge in [-0.25, -0.2) is 0 Å². The maximum atomic E-state index is 12.5. The summed E-state index contributed by atoms with van der Waals surface area (Å²) in [5.74, 6) is 0.181. The van der Waals surface area contributed by atoms with Crippen LogP contribution in [0.5, 0.6) is 0 Å². The van der Waals surface area contributed by atoms with Gasteiger partial charge in [-0.2, -0.15) is 0 Å². The molecule has 0 fully saturated rings. The molecular weight excluding hydrogens is 282 g/mol. The molecule has 2 nitrogen and oxygen atoms in total. The Labute approximate surface area is 132 Å². The molecule has 21 heavy (non-hydrogen) atoms. The summed E-state index contributed by atoms with van der Waals surface area (Å²) in [4.78, 5) is 12.5. The highest BCUT2D eigenvalue weighted by Crippen LogP contribution is 2.25. The summed E-state index contributed by atoms with van der Waals surface area (Å²) in [7, 11) is 0. The molecular formula is C18H24ClNO. The molecule has 3 heteroatoms. The Bertz CT molecular complexity index is 615. The van der Waals surface area contributed by atoms with E-state index < -0.39 is 0 Å². The molecule has 0 unspecified atom stereocenters. The van der Waals surface area contributed by atoms with E-state index in [1.807, 2.05) is 29.7 Å². The van der Waals surface area contributed by atoms with Crippen LogP contribution in [0, 0.1) is 0 Å². The van der Waals surface area contributed by atoms with E-state index in [-0.39, 0.29) is 5.91 Å². The van der Waals surface area contributed by atoms with Gasteiger partial charge >= 0.3 is 0 Å². The van der Waals surface area contributed by atoms with Crippen molar-refractivity contribution in [1.29, 1.82) is 0 Å². The predicted molar refractivity (Wildman–Crippen MR) is 90.3 cm³/mol. The van der Waals surface area contributed by atoms with Gasteiger partial charge in [0.15, 0.2) is 0 Å². The topological polar surface area (TPSA) is 22.0 Å². The van der Waals surface area contributed by atoms with Gasteiger partial charge in [-0.05, 0) is 37.5 Å². The summed E-state index contributed by atoms with van der Waals surface area (Å²) in [6.07, 6.45) is 7.26. The van der Waals surface area contributed by atoms with E-state index in [0.717, 1.165) is 35.9 Å². The third kappa shape index (κ3) is 3.88. The van der Waals surface area contributed by atoms with Crippen LogP contribution >= 0.6 is 11.6 Å². The van der Waals surface area contributed by atoms with Crippen molar-refractivity contribution in [2.24, 2.45) is 0 Å². The average molecular weight is 306 g/mol. The Hall–Kier alpha value is -1.28. The second-order valence-electron chi connectivity index (χ2n) is 5.63. The number of benzene rings is 1. The lowest BCUT2D eigenvalue weighted by atomic mass is 10.1. The van der Waals surface area contributed by atoms with Gasteiger partial charge < -0.3 is 0 Å². The second kappa shape index (κ2) is 7.65. The molecule has 114 valence electrons. The van der Waals surface area contributed by atoms with Crippen LogP contribution in [0.1, 0.15) is 62.9 Å². The molecule has 2 aromatic rings. The van der Waals surface area contributed by atoms with Crippen molar-refractivity contribution in [1.82, 2.24) is 4.57 Å². The first-order chi connectivity index (χ1) is 10.2. The maximum Gasteiger partial charge on any atom is 0.231 e. The van der Waals surface area contributed by atoms with Crippen molar-refractivity contribution in [3.8, 4) is 0 Å². The summed E-state index contributed by atoms with van der Waals surface area (Å²) < 4.78 is 1.89. The van der Waals surface area contributed by atoms with E-state index in [4.69, 9.17) is 11.6 Å². The quantitative estimate of drug-likeness (QED) is 0.587. The molecule has 0 radical (unpaired) electrons. The van der Waals surface area contributed by atoms with Crippen LogP contribution in [0.2, 0.25) is 5.02 Å². The number of carbonyl (C=O) groups excluding carboxylic acids is 1. The van der Waals surface area contributed by atoms with Crippen molar-refractivity contribution in [2.45, 2.75) is 58.8 Å². The average Bonchev–Trinajstić information content (AvgIpc) is 2.81. The van der Waals surface area contributed by atoms with Gasteiger partial charge in [0, 0.05) is 22.5 Å². The molecule has 0 amide bonds. The Morgan fingerprint density at radius 2 is 1.90 bits per heavy atom. The normalized spacial score (nSPS) is 11.2. The van der Waals surface area contributed by atoms with Crippen LogP contribution in [0.15, 0.2) is 24.3 Å². The molecule has 0 N–H and O–H groups in total. The lowest BCUT2D eigenvalue weighted by Gasteiger charge is -2.09. The number of fused-ring (bicyclic) bond motifs is 1. The van der Waals surface area contributed by atoms with Crippen molar-refractivity contribution >= 4 is 28.4 Å². The second-order valence-corrected chi connectivity index (χ2v) is 6.07. The van der Waals surface area contributed by atoms with Crippen LogP contribution in [-0.2, 0) is 6.42 Å². The first kappa shape index (κ1) is 16.1. The number of aryl methyl sites for hydroxylation is 1. The Balaban J connectivity index is 2.33. The van der Waals surface area contributed by atoms with Crippen LogP contribution in [0.4, 0.5) is 0 Å². The first-order valence-electron chi connectivity index (χ1n) is 8.00. The zero-order chi connectivity index (χ0) is 15.2. The summed E-state index contributed by atoms with van der Waals surface area (Å²) in [5, 5.41) is 1.79. The van der Waals surface area contributed by atoms with Crippen molar-refractivity contribution in [3.05, 3.63) is 35.0 Å². The van der Waals surface area contributed by atoms with E-state index in [1.165, 1.54) is 19.3 Å². The molecule has 2 rings (SSSR count). The lowest BCUT2D eigenvalue weighted by molar-refractivity contribution is 0.0904. The fraction of sp³-hybridized carbons (Fsp3) is 0.500. The van der Waals surface area contributed by atoms with Crippen molar-refractivity contribution in [2.75, 3.05) is 0 Å². The van der Waals surface area contributed by atoms with E-state index >= 15 is 0 Å². The number of halogens is 1. The fourth-order valence-corrected chi connectivity index (χ4v) is 2.93. The molecule has 0 aliphatic heterocycles. The summed E-state index contributed by atoms with van der Waals surface area (Å²) in [6, 6.07) is 7.94. The summed E-state index contributed by atoms with van der Waals surface area (Å²) >= 11 is 6.10. The van der Waals surface area contributed by atoms with E-state index in [0.29, 0.717) is 11.4 Å². The standard InChI is InChI=1S/C18H24ClNO/c1-3-5-6-7-9-16-12-14-10-11-15(19)13-17(14)20(16)18(21)8-4-2/h10-13H,3-9H2,1-2H3. The van der Waals surface area contributed by atoms with Crippen molar-refractivity contribution < 1.29 is 4.79 Å². The number of unbranched alkanes of at least 4 members (excludes halogenated alkanes) is 3. The minimum Gasteiger partial charge on any atom is -0.284 e. The molecule has 1 heterocycles. The Morgan fingerprint density at radius 1 is 1.10 bits per heavy atom. The van der Waals surface area contributed by atoms with Crippen LogP contribution < -0.4 is 0 Å². The molecule has 0 aliphatic rings. The summed E-state index contributed by atoms with van der Waals surface area (Å²) in [6.45, 7) is 4.25. The maximum absolute atomic E-state index is 12.5. The van der Waals surface area contributed by atoms with Gasteiger partial charge in [0.1, 0.15) is 0 Å². The number of hydrogen-bond donors (Lipinski definition) is 0. The molecule has 1 aromatic carbocycles. The highest BCUT2D eigenvalue weighted by molar-refractivity contribution is 6.31. The van der Waals surface area contributed by atoms with Gasteiger partial charge in [-0.15, -0.1) is 0 Å². The largest absolute Gasteiger partial charge is 0.284 e. The molecule has 0 aliphatic carbocycles. The SMILES string of the molecule is CCCCCCc1cc2ccc(Cl)cc2n1C(=O)CCC. The highest BCUT2D eigenvalue weighted by Gasteiger charge is 2.14. The van der Waals surface area contributed by atoms with Crippen LogP contribution in [-0.4, -0.2) is 10.5 Å². The number of rotatable bonds is 7. The van der Waals surface area contributed by atoms with Gasteiger partial charge in [0.05, 0.1) is 5.52 Å². The Kier molecular flexibility index (Phi) is 5.86. The fourth-order valence-electron chi connectivity index (χ4n) is 2.77. The highest BCUT2D eigenvalue weighted by atomic mass is 35.5. The first-order valence-corrected chi connectivity index (χ1v) is 8.38. The monoisotopic (exact) mass is 305 g/mol. The number of aromatic nitrogens is 1. The third-order valence-electron chi connectivity index (χ3n) is 3.84. The zero-order valence-electron chi connectivity index (χ0n) is 13.0. The van der Waals surface area contributed by atoms with Gasteiger partial charge in [-0.1, -0.05) is 50.8 Å². The molecule has 0 spiro atoms. The number of carbonyl (C=O) groups is 1. The molecule has 1 aromatic heterocycles. The minimum absolute atomic E-state index is 0.181. The third-order valence-corrected chi connectivity index (χ3v) is 4.08. The van der Waals surface area contributed by atoms with Gasteiger partial charge in [0.2, 0.25) is 5.91 Å². The molecule has 0 atom stereocenters. The van der Waals surface area contributed by atoms with Gasteiger partial charge in [0.25, 0.3) is 0 Å². The molecule has 0 bridgehead atoms. The number of hydrogen-bond acceptors (Lipinski definition) is 1. The molecule has 0 saturated carbocycles.